The van der Waals surface area contributed by atoms with Gasteiger partial charge in [0, 0.05) is 0 Å². The van der Waals surface area contributed by atoms with Crippen LogP contribution in [0, 0.1) is 0 Å². The number of rotatable bonds is 0. The molecule has 1 N–H and O–H groups in total. The van der Waals surface area contributed by atoms with E-state index in [1.165, 1.54) is 0 Å². The minimum absolute atomic E-state index is 0.0116. The Hall–Kier alpha value is 0.270. The van der Waals surface area contributed by atoms with E-state index in [4.69, 9.17) is 4.74 Å². The summed E-state index contributed by atoms with van der Waals surface area (Å²) in [5, 5.41) is 9.25. The van der Waals surface area contributed by atoms with Gasteiger partial charge in [-0.1, -0.05) is 0 Å². The van der Waals surface area contributed by atoms with Gasteiger partial charge in [0.2, 0.25) is 0 Å². The Morgan fingerprint density at radius 2 is 2.50 bits per heavy atom. The Bertz CT molecular complexity index is 92.4. The van der Waals surface area contributed by atoms with Crippen molar-refractivity contribution >= 4 is 12.6 Å². The second-order valence-electron chi connectivity index (χ2n) is 2.39. The normalized spacial score (nSPS) is 47.6. The molecule has 2 nitrogen and oxygen atoms in total. The molecule has 3 heteroatoms. The maximum absolute atomic E-state index is 9.26. The Balaban J connectivity index is 2.54. The van der Waals surface area contributed by atoms with E-state index >= 15 is 0 Å². The zero-order chi connectivity index (χ0) is 6.20. The highest BCUT2D eigenvalue weighted by Crippen LogP contribution is 2.22. The largest absolute Gasteiger partial charge is 0.387 e. The first-order valence-corrected chi connectivity index (χ1v) is 3.13. The first-order valence-electron chi connectivity index (χ1n) is 2.61. The quantitative estimate of drug-likeness (QED) is 0.459. The SMILES string of the molecule is C[C@@]1(O)COCC1S. The number of ether oxygens (including phenoxy) is 1. The fourth-order valence-corrected chi connectivity index (χ4v) is 0.833. The van der Waals surface area contributed by atoms with Gasteiger partial charge in [-0.15, -0.1) is 0 Å². The molecule has 1 aliphatic heterocycles. The average Bonchev–Trinajstić information content (AvgIpc) is 1.86. The van der Waals surface area contributed by atoms with Crippen molar-refractivity contribution in [3.63, 3.8) is 0 Å². The molecule has 0 aromatic heterocycles. The number of aliphatic hydroxyl groups is 1. The molecule has 2 atom stereocenters. The van der Waals surface area contributed by atoms with E-state index in [1.807, 2.05) is 0 Å². The van der Waals surface area contributed by atoms with E-state index in [0.717, 1.165) is 0 Å². The van der Waals surface area contributed by atoms with Gasteiger partial charge in [-0.05, 0) is 6.92 Å². The summed E-state index contributed by atoms with van der Waals surface area (Å²) >= 11 is 4.10. The van der Waals surface area contributed by atoms with E-state index in [9.17, 15) is 5.11 Å². The third kappa shape index (κ3) is 0.989. The fourth-order valence-electron chi connectivity index (χ4n) is 0.653. The second kappa shape index (κ2) is 1.90. The molecule has 0 spiro atoms. The van der Waals surface area contributed by atoms with Gasteiger partial charge < -0.3 is 9.84 Å². The van der Waals surface area contributed by atoms with Crippen molar-refractivity contribution in [2.24, 2.45) is 0 Å². The van der Waals surface area contributed by atoms with Crippen LogP contribution in [0.2, 0.25) is 0 Å². The van der Waals surface area contributed by atoms with Gasteiger partial charge in [-0.25, -0.2) is 0 Å². The van der Waals surface area contributed by atoms with E-state index in [0.29, 0.717) is 13.2 Å². The van der Waals surface area contributed by atoms with E-state index in [1.54, 1.807) is 6.92 Å². The Kier molecular flexibility index (Phi) is 1.52. The summed E-state index contributed by atoms with van der Waals surface area (Å²) in [6.45, 7) is 2.72. The number of hydrogen-bond acceptors (Lipinski definition) is 3. The Labute approximate surface area is 54.3 Å². The molecule has 1 unspecified atom stereocenters. The molecule has 8 heavy (non-hydrogen) atoms. The van der Waals surface area contributed by atoms with Gasteiger partial charge in [0.1, 0.15) is 0 Å². The molecule has 1 saturated heterocycles. The third-order valence-electron chi connectivity index (χ3n) is 1.39. The maximum atomic E-state index is 9.26. The van der Waals surface area contributed by atoms with Crippen LogP contribution in [0.4, 0.5) is 0 Å². The minimum Gasteiger partial charge on any atom is -0.387 e. The first kappa shape index (κ1) is 6.39. The predicted octanol–water partition coefficient (Wildman–Crippen LogP) is 0.0660. The molecule has 1 heterocycles. The Morgan fingerprint density at radius 1 is 1.88 bits per heavy atom. The fraction of sp³-hybridized carbons (Fsp3) is 1.00. The van der Waals surface area contributed by atoms with E-state index in [2.05, 4.69) is 12.6 Å². The summed E-state index contributed by atoms with van der Waals surface area (Å²) in [4.78, 5) is 0. The lowest BCUT2D eigenvalue weighted by atomic mass is 10.1. The monoisotopic (exact) mass is 134 g/mol. The van der Waals surface area contributed by atoms with Crippen LogP contribution in [0.25, 0.3) is 0 Å². The van der Waals surface area contributed by atoms with Crippen molar-refractivity contribution in [2.45, 2.75) is 17.8 Å². The topological polar surface area (TPSA) is 29.5 Å². The zero-order valence-electron chi connectivity index (χ0n) is 4.79. The smallest absolute Gasteiger partial charge is 0.0989 e. The molecular formula is C5H10O2S. The molecule has 0 amide bonds. The van der Waals surface area contributed by atoms with Gasteiger partial charge in [-0.3, -0.25) is 0 Å². The zero-order valence-corrected chi connectivity index (χ0v) is 5.69. The molecule has 0 saturated carbocycles. The van der Waals surface area contributed by atoms with Crippen molar-refractivity contribution in [1.29, 1.82) is 0 Å². The molecular weight excluding hydrogens is 124 g/mol. The van der Waals surface area contributed by atoms with Crippen molar-refractivity contribution in [2.75, 3.05) is 13.2 Å². The van der Waals surface area contributed by atoms with Gasteiger partial charge in [0.05, 0.1) is 24.1 Å². The van der Waals surface area contributed by atoms with Crippen LogP contribution >= 0.6 is 12.6 Å². The van der Waals surface area contributed by atoms with E-state index < -0.39 is 5.60 Å². The molecule has 0 bridgehead atoms. The van der Waals surface area contributed by atoms with Crippen molar-refractivity contribution in [1.82, 2.24) is 0 Å². The Morgan fingerprint density at radius 3 is 2.62 bits per heavy atom. The lowest BCUT2D eigenvalue weighted by molar-refractivity contribution is 0.0460. The van der Waals surface area contributed by atoms with Crippen LogP contribution in [0.15, 0.2) is 0 Å². The molecule has 0 aromatic rings. The van der Waals surface area contributed by atoms with Gasteiger partial charge >= 0.3 is 0 Å². The summed E-state index contributed by atoms with van der Waals surface area (Å²) < 4.78 is 4.95. The molecule has 0 radical (unpaired) electrons. The first-order chi connectivity index (χ1) is 3.63. The molecule has 1 aliphatic rings. The molecule has 1 rings (SSSR count). The van der Waals surface area contributed by atoms with Gasteiger partial charge in [0.15, 0.2) is 0 Å². The highest BCUT2D eigenvalue weighted by molar-refractivity contribution is 7.81. The summed E-state index contributed by atoms with van der Waals surface area (Å²) in [6, 6.07) is 0. The molecule has 0 aromatic carbocycles. The van der Waals surface area contributed by atoms with Crippen LogP contribution in [-0.2, 0) is 4.74 Å². The van der Waals surface area contributed by atoms with Crippen molar-refractivity contribution < 1.29 is 9.84 Å². The van der Waals surface area contributed by atoms with Gasteiger partial charge in [0.25, 0.3) is 0 Å². The summed E-state index contributed by atoms with van der Waals surface area (Å²) in [5.74, 6) is 0. The van der Waals surface area contributed by atoms with Crippen LogP contribution < -0.4 is 0 Å². The van der Waals surface area contributed by atoms with Crippen LogP contribution in [0.3, 0.4) is 0 Å². The molecule has 48 valence electrons. The van der Waals surface area contributed by atoms with Crippen molar-refractivity contribution in [3.8, 4) is 0 Å². The summed E-state index contributed by atoms with van der Waals surface area (Å²) in [5.41, 5.74) is -0.705. The predicted molar refractivity (Wildman–Crippen MR) is 34.2 cm³/mol. The van der Waals surface area contributed by atoms with Crippen LogP contribution in [-0.4, -0.2) is 29.2 Å². The minimum atomic E-state index is -0.705. The van der Waals surface area contributed by atoms with Crippen LogP contribution in [0.1, 0.15) is 6.92 Å². The van der Waals surface area contributed by atoms with Gasteiger partial charge in [-0.2, -0.15) is 12.6 Å². The lowest BCUT2D eigenvalue weighted by Crippen LogP contribution is -2.33. The highest BCUT2D eigenvalue weighted by atomic mass is 32.1. The van der Waals surface area contributed by atoms with Crippen molar-refractivity contribution in [3.05, 3.63) is 0 Å². The van der Waals surface area contributed by atoms with E-state index in [-0.39, 0.29) is 5.25 Å². The average molecular weight is 134 g/mol. The highest BCUT2D eigenvalue weighted by Gasteiger charge is 2.35. The lowest BCUT2D eigenvalue weighted by Gasteiger charge is -2.17. The second-order valence-corrected chi connectivity index (χ2v) is 3.01. The van der Waals surface area contributed by atoms with Crippen LogP contribution in [0.5, 0.6) is 0 Å². The molecule has 0 aliphatic carbocycles. The standard InChI is InChI=1S/C5H10O2S/c1-5(6)3-7-2-4(5)8/h4,6,8H,2-3H2,1H3/t4?,5-/m1/s1. The third-order valence-corrected chi connectivity index (χ3v) is 2.09. The molecule has 1 fully saturated rings. The number of hydrogen-bond donors (Lipinski definition) is 2. The maximum Gasteiger partial charge on any atom is 0.0989 e. The number of thiol groups is 1. The summed E-state index contributed by atoms with van der Waals surface area (Å²) in [7, 11) is 0. The summed E-state index contributed by atoms with van der Waals surface area (Å²) in [6.07, 6.45) is 0.